The minimum absolute atomic E-state index is 0.142. The molecule has 1 atom stereocenters. The molecule has 0 saturated heterocycles. The van der Waals surface area contributed by atoms with Gasteiger partial charge in [0.25, 0.3) is 0 Å². The monoisotopic (exact) mass is 428 g/mol. The fraction of sp³-hybridized carbons (Fsp3) is 0.120. The lowest BCUT2D eigenvalue weighted by atomic mass is 10.00. The minimum Gasteiger partial charge on any atom is -0.485 e. The topological polar surface area (TPSA) is 91.5 Å². The van der Waals surface area contributed by atoms with Crippen molar-refractivity contribution in [3.8, 4) is 5.75 Å². The summed E-state index contributed by atoms with van der Waals surface area (Å²) in [6.45, 7) is 1.84. The van der Waals surface area contributed by atoms with E-state index in [1.54, 1.807) is 79.7 Å². The fourth-order valence-corrected chi connectivity index (χ4v) is 3.06. The lowest BCUT2D eigenvalue weighted by Gasteiger charge is -2.17. The van der Waals surface area contributed by atoms with Crippen LogP contribution < -0.4 is 4.74 Å². The summed E-state index contributed by atoms with van der Waals surface area (Å²) >= 11 is 0. The lowest BCUT2D eigenvalue weighted by molar-refractivity contribution is 0.0280. The van der Waals surface area contributed by atoms with Gasteiger partial charge in [0.2, 0.25) is 17.5 Å². The highest BCUT2D eigenvalue weighted by Crippen LogP contribution is 2.24. The average Bonchev–Trinajstić information content (AvgIpc) is 3.27. The maximum absolute atomic E-state index is 13.1. The first-order valence-electron chi connectivity index (χ1n) is 9.97. The zero-order chi connectivity index (χ0) is 22.3. The number of esters is 1. The number of hydrogen-bond donors (Lipinski definition) is 0. The Labute approximate surface area is 184 Å². The Morgan fingerprint density at radius 3 is 2.16 bits per heavy atom. The van der Waals surface area contributed by atoms with Crippen molar-refractivity contribution >= 4 is 11.8 Å². The normalized spacial score (nSPS) is 11.5. The second-order valence-electron chi connectivity index (χ2n) is 6.97. The first-order chi connectivity index (χ1) is 15.6. The molecule has 0 aliphatic carbocycles. The summed E-state index contributed by atoms with van der Waals surface area (Å²) in [6, 6.07) is 24.1. The largest absolute Gasteiger partial charge is 0.485 e. The lowest BCUT2D eigenvalue weighted by Crippen LogP contribution is -2.20. The van der Waals surface area contributed by atoms with E-state index in [-0.39, 0.29) is 12.4 Å². The van der Waals surface area contributed by atoms with E-state index < -0.39 is 12.1 Å². The molecule has 0 aliphatic heterocycles. The molecule has 1 heterocycles. The summed E-state index contributed by atoms with van der Waals surface area (Å²) in [5.41, 5.74) is 1.37. The molecule has 0 bridgehead atoms. The Morgan fingerprint density at radius 1 is 0.875 bits per heavy atom. The molecule has 0 saturated carbocycles. The molecule has 3 aromatic carbocycles. The van der Waals surface area contributed by atoms with Gasteiger partial charge in [-0.25, -0.2) is 4.79 Å². The Morgan fingerprint density at radius 2 is 1.53 bits per heavy atom. The molecule has 0 spiro atoms. The highest BCUT2D eigenvalue weighted by molar-refractivity contribution is 6.02. The number of benzene rings is 3. The van der Waals surface area contributed by atoms with Crippen molar-refractivity contribution in [2.24, 2.45) is 0 Å². The van der Waals surface area contributed by atoms with Crippen LogP contribution in [0.25, 0.3) is 0 Å². The number of aryl methyl sites for hydroxylation is 1. The van der Waals surface area contributed by atoms with Crippen molar-refractivity contribution in [2.75, 3.05) is 0 Å². The zero-order valence-corrected chi connectivity index (χ0v) is 17.3. The third kappa shape index (κ3) is 5.07. The molecule has 0 N–H and O–H groups in total. The van der Waals surface area contributed by atoms with Crippen LogP contribution in [0.1, 0.15) is 44.1 Å². The maximum atomic E-state index is 13.1. The van der Waals surface area contributed by atoms with Gasteiger partial charge < -0.3 is 14.0 Å². The van der Waals surface area contributed by atoms with Gasteiger partial charge in [0.1, 0.15) is 5.75 Å². The summed E-state index contributed by atoms with van der Waals surface area (Å²) in [5, 5.41) is 3.76. The molecule has 0 fully saturated rings. The summed E-state index contributed by atoms with van der Waals surface area (Å²) in [5.74, 6) is 0.517. The molecule has 160 valence electrons. The van der Waals surface area contributed by atoms with Gasteiger partial charge in [-0.1, -0.05) is 65.8 Å². The molecule has 0 radical (unpaired) electrons. The third-order valence-electron chi connectivity index (χ3n) is 4.65. The Balaban J connectivity index is 1.47. The van der Waals surface area contributed by atoms with Crippen molar-refractivity contribution in [3.05, 3.63) is 113 Å². The van der Waals surface area contributed by atoms with E-state index >= 15 is 0 Å². The van der Waals surface area contributed by atoms with Gasteiger partial charge in [-0.2, -0.15) is 4.98 Å². The SMILES string of the molecule is Cc1nc(COc2ccc(C(=O)OC(C(=O)c3ccccc3)c3ccccc3)cc2)no1. The van der Waals surface area contributed by atoms with E-state index in [1.165, 1.54) is 0 Å². The summed E-state index contributed by atoms with van der Waals surface area (Å²) in [4.78, 5) is 29.9. The molecule has 32 heavy (non-hydrogen) atoms. The predicted molar refractivity (Wildman–Crippen MR) is 115 cm³/mol. The molecule has 4 aromatic rings. The average molecular weight is 428 g/mol. The Hall–Kier alpha value is -4.26. The van der Waals surface area contributed by atoms with E-state index in [9.17, 15) is 9.59 Å². The van der Waals surface area contributed by atoms with E-state index in [4.69, 9.17) is 14.0 Å². The molecule has 7 nitrogen and oxygen atoms in total. The van der Waals surface area contributed by atoms with Gasteiger partial charge >= 0.3 is 5.97 Å². The first kappa shape index (κ1) is 21.0. The number of ether oxygens (including phenoxy) is 2. The van der Waals surface area contributed by atoms with Crippen LogP contribution in [-0.4, -0.2) is 21.9 Å². The van der Waals surface area contributed by atoms with Crippen LogP contribution in [0.4, 0.5) is 0 Å². The Bertz CT molecular complexity index is 1190. The third-order valence-corrected chi connectivity index (χ3v) is 4.65. The van der Waals surface area contributed by atoms with Gasteiger partial charge in [0, 0.05) is 18.1 Å². The fourth-order valence-electron chi connectivity index (χ4n) is 3.06. The van der Waals surface area contributed by atoms with Gasteiger partial charge in [0.05, 0.1) is 5.56 Å². The molecule has 4 rings (SSSR count). The summed E-state index contributed by atoms with van der Waals surface area (Å²) in [7, 11) is 0. The highest BCUT2D eigenvalue weighted by Gasteiger charge is 2.26. The van der Waals surface area contributed by atoms with Crippen LogP contribution in [0, 0.1) is 6.92 Å². The highest BCUT2D eigenvalue weighted by atomic mass is 16.5. The van der Waals surface area contributed by atoms with Gasteiger partial charge in [-0.3, -0.25) is 4.79 Å². The smallest absolute Gasteiger partial charge is 0.339 e. The van der Waals surface area contributed by atoms with Crippen LogP contribution in [0.2, 0.25) is 0 Å². The number of hydrogen-bond acceptors (Lipinski definition) is 7. The zero-order valence-electron chi connectivity index (χ0n) is 17.3. The molecule has 0 aliphatic rings. The first-order valence-corrected chi connectivity index (χ1v) is 9.97. The van der Waals surface area contributed by atoms with Crippen LogP contribution >= 0.6 is 0 Å². The second kappa shape index (κ2) is 9.70. The molecular formula is C25H20N2O5. The molecule has 7 heteroatoms. The van der Waals surface area contributed by atoms with Crippen molar-refractivity contribution in [2.45, 2.75) is 19.6 Å². The van der Waals surface area contributed by atoms with Crippen molar-refractivity contribution < 1.29 is 23.6 Å². The van der Waals surface area contributed by atoms with E-state index in [0.29, 0.717) is 34.2 Å². The van der Waals surface area contributed by atoms with Gasteiger partial charge in [0.15, 0.2) is 12.7 Å². The van der Waals surface area contributed by atoms with Crippen molar-refractivity contribution in [1.29, 1.82) is 0 Å². The van der Waals surface area contributed by atoms with Crippen LogP contribution in [0.15, 0.2) is 89.5 Å². The van der Waals surface area contributed by atoms with Crippen LogP contribution in [0.5, 0.6) is 5.75 Å². The maximum Gasteiger partial charge on any atom is 0.339 e. The number of Topliss-reactive ketones (excluding diaryl/α,β-unsaturated/α-hetero) is 1. The Kier molecular flexibility index (Phi) is 6.36. The van der Waals surface area contributed by atoms with Crippen LogP contribution in [-0.2, 0) is 11.3 Å². The summed E-state index contributed by atoms with van der Waals surface area (Å²) < 4.78 is 16.1. The number of carbonyl (C=O) groups is 2. The standard InChI is InChI=1S/C25H20N2O5/c1-17-26-22(27-32-17)16-30-21-14-12-20(13-15-21)25(29)31-24(19-10-6-3-7-11-19)23(28)18-8-4-2-5-9-18/h2-15,24H,16H2,1H3. The van der Waals surface area contributed by atoms with Crippen molar-refractivity contribution in [3.63, 3.8) is 0 Å². The second-order valence-corrected chi connectivity index (χ2v) is 6.97. The summed E-state index contributed by atoms with van der Waals surface area (Å²) in [6.07, 6.45) is -1.05. The van der Waals surface area contributed by atoms with E-state index in [0.717, 1.165) is 0 Å². The van der Waals surface area contributed by atoms with Gasteiger partial charge in [-0.05, 0) is 24.3 Å². The van der Waals surface area contributed by atoms with Crippen LogP contribution in [0.3, 0.4) is 0 Å². The quantitative estimate of drug-likeness (QED) is 0.296. The molecular weight excluding hydrogens is 408 g/mol. The molecule has 1 unspecified atom stereocenters. The van der Waals surface area contributed by atoms with E-state index in [2.05, 4.69) is 10.1 Å². The molecule has 1 aromatic heterocycles. The molecule has 0 amide bonds. The predicted octanol–water partition coefficient (Wildman–Crippen LogP) is 4.74. The number of carbonyl (C=O) groups excluding carboxylic acids is 2. The van der Waals surface area contributed by atoms with Crippen molar-refractivity contribution in [1.82, 2.24) is 10.1 Å². The number of rotatable bonds is 8. The number of ketones is 1. The number of aromatic nitrogens is 2. The minimum atomic E-state index is -1.05. The van der Waals surface area contributed by atoms with E-state index in [1.807, 2.05) is 12.1 Å². The number of nitrogens with zero attached hydrogens (tertiary/aromatic N) is 2. The van der Waals surface area contributed by atoms with Gasteiger partial charge in [-0.15, -0.1) is 0 Å².